The summed E-state index contributed by atoms with van der Waals surface area (Å²) in [5.74, 6) is 2.22. The second-order valence-electron chi connectivity index (χ2n) is 13.6. The Morgan fingerprint density at radius 3 is 1.42 bits per heavy atom. The standard InChI is InChI=1S/C50H31N7/c1-51-38-27-28-40-39-24-14-15-25-44(39)57(46(40)31-38)45-29-26-37(49-55-47(35-20-10-4-11-21-35)54-48(56-49)36-22-12-5-13-23-36)30-41(45)50-52-42(33-16-6-2-7-17-33)32-43(53-50)34-18-8-3-9-19-34/h2-32H. The molecule has 10 aromatic rings. The van der Waals surface area contributed by atoms with Gasteiger partial charge in [0, 0.05) is 49.7 Å². The van der Waals surface area contributed by atoms with Crippen LogP contribution in [0.2, 0.25) is 0 Å². The third-order valence-corrected chi connectivity index (χ3v) is 10.1. The molecule has 7 heteroatoms. The minimum atomic E-state index is 0.524. The number of benzene rings is 7. The lowest BCUT2D eigenvalue weighted by Crippen LogP contribution is -2.04. The van der Waals surface area contributed by atoms with Gasteiger partial charge in [-0.05, 0) is 36.4 Å². The molecule has 57 heavy (non-hydrogen) atoms. The molecule has 0 saturated carbocycles. The number of fused-ring (bicyclic) bond motifs is 3. The zero-order valence-electron chi connectivity index (χ0n) is 30.5. The molecule has 0 radical (unpaired) electrons. The summed E-state index contributed by atoms with van der Waals surface area (Å²) in [6.07, 6.45) is 0. The van der Waals surface area contributed by atoms with Gasteiger partial charge in [0.2, 0.25) is 0 Å². The third-order valence-electron chi connectivity index (χ3n) is 10.1. The molecule has 0 N–H and O–H groups in total. The zero-order valence-corrected chi connectivity index (χ0v) is 30.5. The molecule has 266 valence electrons. The Morgan fingerprint density at radius 2 is 0.860 bits per heavy atom. The van der Waals surface area contributed by atoms with Crippen LogP contribution >= 0.6 is 0 Å². The van der Waals surface area contributed by atoms with Crippen LogP contribution in [0, 0.1) is 6.57 Å². The molecule has 7 aromatic carbocycles. The SMILES string of the molecule is [C-]#[N+]c1ccc2c3ccccc3n(-c3ccc(-c4nc(-c5ccccc5)nc(-c5ccccc5)n4)cc3-c3nc(-c4ccccc4)cc(-c4ccccc4)n3)c2c1. The quantitative estimate of drug-likeness (QED) is 0.153. The van der Waals surface area contributed by atoms with E-state index >= 15 is 0 Å². The number of nitrogens with zero attached hydrogens (tertiary/aromatic N) is 7. The first-order chi connectivity index (χ1) is 28.2. The minimum absolute atomic E-state index is 0.524. The molecule has 0 aliphatic carbocycles. The van der Waals surface area contributed by atoms with Gasteiger partial charge in [-0.3, -0.25) is 0 Å². The van der Waals surface area contributed by atoms with E-state index in [2.05, 4.69) is 64.0 Å². The molecule has 0 spiro atoms. The van der Waals surface area contributed by atoms with Crippen molar-refractivity contribution in [3.05, 3.63) is 199 Å². The zero-order chi connectivity index (χ0) is 38.1. The van der Waals surface area contributed by atoms with Gasteiger partial charge in [-0.25, -0.2) is 29.8 Å². The van der Waals surface area contributed by atoms with Gasteiger partial charge < -0.3 is 4.57 Å². The first-order valence-electron chi connectivity index (χ1n) is 18.6. The van der Waals surface area contributed by atoms with Crippen molar-refractivity contribution in [2.75, 3.05) is 0 Å². The van der Waals surface area contributed by atoms with Crippen LogP contribution in [0.4, 0.5) is 5.69 Å². The highest BCUT2D eigenvalue weighted by Gasteiger charge is 2.21. The van der Waals surface area contributed by atoms with Crippen LogP contribution in [-0.2, 0) is 0 Å². The molecular weight excluding hydrogens is 699 g/mol. The Balaban J connectivity index is 1.28. The lowest BCUT2D eigenvalue weighted by molar-refractivity contribution is 1.07. The van der Waals surface area contributed by atoms with Crippen molar-refractivity contribution in [2.24, 2.45) is 0 Å². The average Bonchev–Trinajstić information content (AvgIpc) is 3.63. The van der Waals surface area contributed by atoms with Crippen LogP contribution in [0.25, 0.3) is 100 Å². The Hall–Kier alpha value is -8.08. The highest BCUT2D eigenvalue weighted by atomic mass is 15.0. The van der Waals surface area contributed by atoms with Crippen molar-refractivity contribution in [3.63, 3.8) is 0 Å². The summed E-state index contributed by atoms with van der Waals surface area (Å²) >= 11 is 0. The molecule has 7 nitrogen and oxygen atoms in total. The molecule has 0 saturated heterocycles. The van der Waals surface area contributed by atoms with Crippen LogP contribution in [0.3, 0.4) is 0 Å². The lowest BCUT2D eigenvalue weighted by Gasteiger charge is -2.17. The fourth-order valence-corrected chi connectivity index (χ4v) is 7.36. The van der Waals surface area contributed by atoms with Crippen molar-refractivity contribution in [1.29, 1.82) is 0 Å². The third kappa shape index (κ3) is 6.27. The Morgan fingerprint density at radius 1 is 0.368 bits per heavy atom. The van der Waals surface area contributed by atoms with Crippen molar-refractivity contribution < 1.29 is 0 Å². The van der Waals surface area contributed by atoms with E-state index in [1.165, 1.54) is 0 Å². The molecule has 0 aliphatic rings. The van der Waals surface area contributed by atoms with Crippen LogP contribution in [0.15, 0.2) is 188 Å². The van der Waals surface area contributed by atoms with E-state index in [4.69, 9.17) is 31.5 Å². The lowest BCUT2D eigenvalue weighted by atomic mass is 10.0. The molecule has 0 bridgehead atoms. The highest BCUT2D eigenvalue weighted by molar-refractivity contribution is 6.10. The summed E-state index contributed by atoms with van der Waals surface area (Å²) in [5.41, 5.74) is 10.2. The topological polar surface area (TPSA) is 73.7 Å². The Kier molecular flexibility index (Phi) is 8.40. The van der Waals surface area contributed by atoms with Crippen LogP contribution in [0.5, 0.6) is 0 Å². The van der Waals surface area contributed by atoms with Crippen LogP contribution < -0.4 is 0 Å². The number of rotatable bonds is 7. The molecule has 3 aromatic heterocycles. The molecule has 0 atom stereocenters. The first kappa shape index (κ1) is 33.5. The summed E-state index contributed by atoms with van der Waals surface area (Å²) in [7, 11) is 0. The molecular formula is C50H31N7. The van der Waals surface area contributed by atoms with E-state index in [0.717, 1.165) is 72.3 Å². The molecule has 3 heterocycles. The second-order valence-corrected chi connectivity index (χ2v) is 13.6. The summed E-state index contributed by atoms with van der Waals surface area (Å²) < 4.78 is 2.22. The largest absolute Gasteiger partial charge is 0.310 e. The van der Waals surface area contributed by atoms with Crippen LogP contribution in [-0.4, -0.2) is 29.5 Å². The smallest absolute Gasteiger partial charge is 0.189 e. The first-order valence-corrected chi connectivity index (χ1v) is 18.6. The van der Waals surface area contributed by atoms with E-state index in [9.17, 15) is 0 Å². The predicted octanol–water partition coefficient (Wildman–Crippen LogP) is 12.3. The summed E-state index contributed by atoms with van der Waals surface area (Å²) in [6.45, 7) is 7.88. The highest BCUT2D eigenvalue weighted by Crippen LogP contribution is 2.39. The molecule has 0 amide bonds. The van der Waals surface area contributed by atoms with Gasteiger partial charge in [0.25, 0.3) is 0 Å². The van der Waals surface area contributed by atoms with Gasteiger partial charge in [-0.2, -0.15) is 0 Å². The maximum Gasteiger partial charge on any atom is 0.189 e. The van der Waals surface area contributed by atoms with Gasteiger partial charge >= 0.3 is 0 Å². The van der Waals surface area contributed by atoms with Crippen molar-refractivity contribution in [3.8, 4) is 73.8 Å². The van der Waals surface area contributed by atoms with Gasteiger partial charge in [-0.1, -0.05) is 152 Å². The second kappa shape index (κ2) is 14.3. The fourth-order valence-electron chi connectivity index (χ4n) is 7.36. The van der Waals surface area contributed by atoms with Gasteiger partial charge in [0.1, 0.15) is 0 Å². The van der Waals surface area contributed by atoms with E-state index in [0.29, 0.717) is 29.0 Å². The van der Waals surface area contributed by atoms with E-state index in [-0.39, 0.29) is 0 Å². The normalized spacial score (nSPS) is 11.1. The summed E-state index contributed by atoms with van der Waals surface area (Å²) in [6, 6.07) is 62.8. The summed E-state index contributed by atoms with van der Waals surface area (Å²) in [5, 5.41) is 2.13. The van der Waals surface area contributed by atoms with E-state index in [1.807, 2.05) is 133 Å². The number of hydrogen-bond acceptors (Lipinski definition) is 5. The predicted molar refractivity (Wildman–Crippen MR) is 229 cm³/mol. The average molecular weight is 730 g/mol. The summed E-state index contributed by atoms with van der Waals surface area (Å²) in [4.78, 5) is 29.5. The molecule has 0 fully saturated rings. The van der Waals surface area contributed by atoms with E-state index < -0.39 is 0 Å². The molecule has 0 aliphatic heterocycles. The fraction of sp³-hybridized carbons (Fsp3) is 0. The minimum Gasteiger partial charge on any atom is -0.310 e. The van der Waals surface area contributed by atoms with Crippen molar-refractivity contribution in [2.45, 2.75) is 0 Å². The maximum atomic E-state index is 7.88. The maximum absolute atomic E-state index is 7.88. The van der Waals surface area contributed by atoms with Gasteiger partial charge in [0.15, 0.2) is 29.0 Å². The van der Waals surface area contributed by atoms with E-state index in [1.54, 1.807) is 0 Å². The van der Waals surface area contributed by atoms with Crippen molar-refractivity contribution in [1.82, 2.24) is 29.5 Å². The Labute approximate surface area is 329 Å². The number of aromatic nitrogens is 6. The Bertz CT molecular complexity index is 3000. The van der Waals surface area contributed by atoms with Crippen molar-refractivity contribution >= 4 is 27.5 Å². The number of para-hydroxylation sites is 1. The van der Waals surface area contributed by atoms with Gasteiger partial charge in [0.05, 0.1) is 29.2 Å². The van der Waals surface area contributed by atoms with Gasteiger partial charge in [-0.15, -0.1) is 0 Å². The number of hydrogen-bond donors (Lipinski definition) is 0. The molecule has 0 unspecified atom stereocenters. The van der Waals surface area contributed by atoms with Crippen LogP contribution in [0.1, 0.15) is 0 Å². The monoisotopic (exact) mass is 729 g/mol. The molecule has 10 rings (SSSR count).